The fourth-order valence-electron chi connectivity index (χ4n) is 1.92. The maximum absolute atomic E-state index is 9.89. The van der Waals surface area contributed by atoms with Gasteiger partial charge < -0.3 is 19.6 Å². The highest BCUT2D eigenvalue weighted by molar-refractivity contribution is 5.74. The van der Waals surface area contributed by atoms with Gasteiger partial charge in [0.15, 0.2) is 5.58 Å². The molecule has 21 heavy (non-hydrogen) atoms. The number of hydrogen-bond acceptors (Lipinski definition) is 5. The highest BCUT2D eigenvalue weighted by Gasteiger charge is 2.08. The van der Waals surface area contributed by atoms with Crippen LogP contribution in [0.1, 0.15) is 0 Å². The van der Waals surface area contributed by atoms with Crippen LogP contribution in [0.25, 0.3) is 11.1 Å². The van der Waals surface area contributed by atoms with E-state index in [0.717, 1.165) is 16.8 Å². The standard InChI is InChI=1S/C16H16N2O3/c19-12(11-20-13-6-2-1-3-7-13)10-17-16-18-14-8-4-5-9-15(14)21-16/h1-9,12,19H,10-11H2,(H,17,18)/t12-/m1/s1. The first-order chi connectivity index (χ1) is 10.3. The van der Waals surface area contributed by atoms with Crippen LogP contribution >= 0.6 is 0 Å². The summed E-state index contributed by atoms with van der Waals surface area (Å²) in [6.07, 6.45) is -0.653. The minimum Gasteiger partial charge on any atom is -0.491 e. The van der Waals surface area contributed by atoms with Gasteiger partial charge in [0, 0.05) is 6.54 Å². The van der Waals surface area contributed by atoms with Crippen LogP contribution in [0.3, 0.4) is 0 Å². The van der Waals surface area contributed by atoms with Gasteiger partial charge in [-0.3, -0.25) is 0 Å². The van der Waals surface area contributed by atoms with E-state index >= 15 is 0 Å². The molecule has 0 radical (unpaired) electrons. The van der Waals surface area contributed by atoms with Crippen molar-refractivity contribution in [2.24, 2.45) is 0 Å². The van der Waals surface area contributed by atoms with E-state index in [1.54, 1.807) is 0 Å². The Labute approximate surface area is 122 Å². The zero-order chi connectivity index (χ0) is 14.5. The van der Waals surface area contributed by atoms with Crippen molar-refractivity contribution in [3.8, 4) is 5.75 Å². The van der Waals surface area contributed by atoms with Gasteiger partial charge in [-0.15, -0.1) is 0 Å². The van der Waals surface area contributed by atoms with E-state index in [1.807, 2.05) is 54.6 Å². The fraction of sp³-hybridized carbons (Fsp3) is 0.188. The number of benzene rings is 2. The van der Waals surface area contributed by atoms with E-state index in [2.05, 4.69) is 10.3 Å². The Morgan fingerprint density at radius 1 is 1.10 bits per heavy atom. The number of nitrogens with zero attached hydrogens (tertiary/aromatic N) is 1. The molecule has 0 saturated heterocycles. The monoisotopic (exact) mass is 284 g/mol. The summed E-state index contributed by atoms with van der Waals surface area (Å²) in [5.74, 6) is 0.735. The normalized spacial score (nSPS) is 12.2. The largest absolute Gasteiger partial charge is 0.491 e. The van der Waals surface area contributed by atoms with Crippen LogP contribution in [-0.4, -0.2) is 29.3 Å². The van der Waals surface area contributed by atoms with E-state index < -0.39 is 6.10 Å². The van der Waals surface area contributed by atoms with Crippen molar-refractivity contribution >= 4 is 17.1 Å². The zero-order valence-corrected chi connectivity index (χ0v) is 11.4. The molecule has 108 valence electrons. The molecule has 0 unspecified atom stereocenters. The number of aliphatic hydroxyl groups is 1. The summed E-state index contributed by atoms with van der Waals surface area (Å²) in [4.78, 5) is 4.27. The van der Waals surface area contributed by atoms with E-state index in [9.17, 15) is 5.11 Å². The number of aromatic nitrogens is 1. The summed E-state index contributed by atoms with van der Waals surface area (Å²) >= 11 is 0. The summed E-state index contributed by atoms with van der Waals surface area (Å²) < 4.78 is 11.0. The predicted octanol–water partition coefficient (Wildman–Crippen LogP) is 2.68. The third kappa shape index (κ3) is 3.52. The predicted molar refractivity (Wildman–Crippen MR) is 80.4 cm³/mol. The molecule has 2 aromatic carbocycles. The lowest BCUT2D eigenvalue weighted by Crippen LogP contribution is -2.26. The number of hydrogen-bond donors (Lipinski definition) is 2. The first-order valence-corrected chi connectivity index (χ1v) is 6.76. The number of fused-ring (bicyclic) bond motifs is 1. The average Bonchev–Trinajstić information content (AvgIpc) is 2.95. The molecular formula is C16H16N2O3. The van der Waals surface area contributed by atoms with Crippen molar-refractivity contribution in [2.45, 2.75) is 6.10 Å². The number of nitrogens with one attached hydrogen (secondary N) is 1. The van der Waals surface area contributed by atoms with Crippen LogP contribution in [0, 0.1) is 0 Å². The molecule has 3 rings (SSSR count). The van der Waals surface area contributed by atoms with Gasteiger partial charge in [-0.1, -0.05) is 30.3 Å². The molecule has 5 heteroatoms. The fourth-order valence-corrected chi connectivity index (χ4v) is 1.92. The van der Waals surface area contributed by atoms with Crippen molar-refractivity contribution in [2.75, 3.05) is 18.5 Å². The molecule has 0 aliphatic carbocycles. The van der Waals surface area contributed by atoms with Crippen LogP contribution in [0.15, 0.2) is 59.0 Å². The smallest absolute Gasteiger partial charge is 0.295 e. The topological polar surface area (TPSA) is 67.5 Å². The minimum absolute atomic E-state index is 0.206. The van der Waals surface area contributed by atoms with Crippen molar-refractivity contribution < 1.29 is 14.3 Å². The second-order valence-electron chi connectivity index (χ2n) is 4.65. The van der Waals surface area contributed by atoms with Gasteiger partial charge in [-0.05, 0) is 24.3 Å². The first kappa shape index (κ1) is 13.5. The maximum atomic E-state index is 9.89. The highest BCUT2D eigenvalue weighted by Crippen LogP contribution is 2.17. The maximum Gasteiger partial charge on any atom is 0.295 e. The van der Waals surface area contributed by atoms with E-state index in [4.69, 9.17) is 9.15 Å². The number of para-hydroxylation sites is 3. The minimum atomic E-state index is -0.653. The number of rotatable bonds is 6. The second kappa shape index (κ2) is 6.28. The SMILES string of the molecule is O[C@H](CNc1nc2ccccc2o1)COc1ccccc1. The number of ether oxygens (including phenoxy) is 1. The van der Waals surface area contributed by atoms with Crippen LogP contribution < -0.4 is 10.1 Å². The van der Waals surface area contributed by atoms with Crippen LogP contribution in [-0.2, 0) is 0 Å². The lowest BCUT2D eigenvalue weighted by atomic mass is 10.3. The second-order valence-corrected chi connectivity index (χ2v) is 4.65. The molecule has 5 nitrogen and oxygen atoms in total. The van der Waals surface area contributed by atoms with Crippen LogP contribution in [0.5, 0.6) is 5.75 Å². The lowest BCUT2D eigenvalue weighted by Gasteiger charge is -2.12. The van der Waals surface area contributed by atoms with Crippen LogP contribution in [0.4, 0.5) is 6.01 Å². The van der Waals surface area contributed by atoms with Crippen molar-refractivity contribution in [1.82, 2.24) is 4.98 Å². The van der Waals surface area contributed by atoms with E-state index in [-0.39, 0.29) is 6.61 Å². The van der Waals surface area contributed by atoms with Gasteiger partial charge in [0.05, 0.1) is 0 Å². The molecule has 2 N–H and O–H groups in total. The van der Waals surface area contributed by atoms with Gasteiger partial charge in [-0.25, -0.2) is 0 Å². The summed E-state index contributed by atoms with van der Waals surface area (Å²) in [7, 11) is 0. The molecule has 1 atom stereocenters. The van der Waals surface area contributed by atoms with Gasteiger partial charge in [-0.2, -0.15) is 4.98 Å². The van der Waals surface area contributed by atoms with Crippen molar-refractivity contribution in [3.05, 3.63) is 54.6 Å². The Kier molecular flexibility index (Phi) is 4.02. The first-order valence-electron chi connectivity index (χ1n) is 6.76. The van der Waals surface area contributed by atoms with Crippen LogP contribution in [0.2, 0.25) is 0 Å². The molecule has 1 aromatic heterocycles. The molecule has 0 aliphatic heterocycles. The molecule has 0 aliphatic rings. The van der Waals surface area contributed by atoms with Gasteiger partial charge >= 0.3 is 0 Å². The summed E-state index contributed by atoms with van der Waals surface area (Å²) in [5, 5.41) is 12.9. The molecular weight excluding hydrogens is 268 g/mol. The lowest BCUT2D eigenvalue weighted by molar-refractivity contribution is 0.117. The summed E-state index contributed by atoms with van der Waals surface area (Å²) in [6.45, 7) is 0.511. The van der Waals surface area contributed by atoms with E-state index in [1.165, 1.54) is 0 Å². The third-order valence-corrected chi connectivity index (χ3v) is 2.97. The number of aliphatic hydroxyl groups excluding tert-OH is 1. The quantitative estimate of drug-likeness (QED) is 0.728. The summed E-state index contributed by atoms with van der Waals surface area (Å²) in [6, 6.07) is 17.3. The molecule has 0 spiro atoms. The molecule has 1 heterocycles. The zero-order valence-electron chi connectivity index (χ0n) is 11.4. The molecule has 3 aromatic rings. The Balaban J connectivity index is 1.50. The van der Waals surface area contributed by atoms with Gasteiger partial charge in [0.25, 0.3) is 6.01 Å². The van der Waals surface area contributed by atoms with Gasteiger partial charge in [0.1, 0.15) is 24.0 Å². The average molecular weight is 284 g/mol. The molecule has 0 saturated carbocycles. The molecule has 0 fully saturated rings. The molecule has 0 bridgehead atoms. The third-order valence-electron chi connectivity index (χ3n) is 2.97. The van der Waals surface area contributed by atoms with Crippen molar-refractivity contribution in [3.63, 3.8) is 0 Å². The Morgan fingerprint density at radius 2 is 1.86 bits per heavy atom. The van der Waals surface area contributed by atoms with Crippen molar-refractivity contribution in [1.29, 1.82) is 0 Å². The number of anilines is 1. The Bertz CT molecular complexity index is 664. The Morgan fingerprint density at radius 3 is 2.67 bits per heavy atom. The highest BCUT2D eigenvalue weighted by atomic mass is 16.5. The van der Waals surface area contributed by atoms with E-state index in [0.29, 0.717) is 12.6 Å². The van der Waals surface area contributed by atoms with Gasteiger partial charge in [0.2, 0.25) is 0 Å². The Hall–Kier alpha value is -2.53. The molecule has 0 amide bonds. The number of oxazole rings is 1. The summed E-state index contributed by atoms with van der Waals surface area (Å²) in [5.41, 5.74) is 1.50.